The standard InChI is InChI=1S/C16H23Cl2N3O2S/c17-13-4-5-16(15(18)12-13)19-10-6-14(7-11-19)21(24(22)23)20-8-2-1-3-9-20/h4-5,12,14H,1-3,6-11H2,(H,22,23)/p-1. The zero-order valence-electron chi connectivity index (χ0n) is 13.5. The fourth-order valence-electron chi connectivity index (χ4n) is 3.59. The highest BCUT2D eigenvalue weighted by Crippen LogP contribution is 2.32. The molecule has 134 valence electrons. The summed E-state index contributed by atoms with van der Waals surface area (Å²) in [6.07, 6.45) is 4.90. The molecule has 2 heterocycles. The van der Waals surface area contributed by atoms with Gasteiger partial charge in [0.15, 0.2) is 0 Å². The van der Waals surface area contributed by atoms with Gasteiger partial charge in [0.2, 0.25) is 0 Å². The molecule has 1 aromatic carbocycles. The van der Waals surface area contributed by atoms with Gasteiger partial charge in [0, 0.05) is 48.5 Å². The van der Waals surface area contributed by atoms with Gasteiger partial charge >= 0.3 is 0 Å². The van der Waals surface area contributed by atoms with Crippen molar-refractivity contribution in [2.45, 2.75) is 38.1 Å². The number of anilines is 1. The first-order valence-corrected chi connectivity index (χ1v) is 10.2. The molecule has 1 aromatic rings. The van der Waals surface area contributed by atoms with Crippen molar-refractivity contribution in [1.82, 2.24) is 9.42 Å². The van der Waals surface area contributed by atoms with Gasteiger partial charge in [0.25, 0.3) is 0 Å². The van der Waals surface area contributed by atoms with Crippen molar-refractivity contribution >= 4 is 40.2 Å². The summed E-state index contributed by atoms with van der Waals surface area (Å²) < 4.78 is 25.1. The van der Waals surface area contributed by atoms with Crippen molar-refractivity contribution in [3.63, 3.8) is 0 Å². The summed E-state index contributed by atoms with van der Waals surface area (Å²) in [6, 6.07) is 5.54. The lowest BCUT2D eigenvalue weighted by molar-refractivity contribution is -0.00309. The van der Waals surface area contributed by atoms with E-state index in [-0.39, 0.29) is 6.04 Å². The van der Waals surface area contributed by atoms with E-state index in [1.165, 1.54) is 6.42 Å². The molecule has 2 aliphatic heterocycles. The molecular formula is C16H22Cl2N3O2S-. The molecule has 2 aliphatic rings. The third kappa shape index (κ3) is 4.23. The molecular weight excluding hydrogens is 369 g/mol. The van der Waals surface area contributed by atoms with Gasteiger partial charge in [-0.2, -0.15) is 4.41 Å². The van der Waals surface area contributed by atoms with Crippen LogP contribution in [0.3, 0.4) is 0 Å². The Kier molecular flexibility index (Phi) is 6.40. The second kappa shape index (κ2) is 8.34. The third-order valence-corrected chi connectivity index (χ3v) is 6.16. The van der Waals surface area contributed by atoms with Gasteiger partial charge in [0.1, 0.15) is 0 Å². The van der Waals surface area contributed by atoms with Gasteiger partial charge in [-0.05, 0) is 43.9 Å². The topological polar surface area (TPSA) is 49.9 Å². The number of hydrazine groups is 1. The van der Waals surface area contributed by atoms with E-state index in [9.17, 15) is 8.76 Å². The number of benzene rings is 1. The number of nitrogens with zero attached hydrogens (tertiary/aromatic N) is 3. The van der Waals surface area contributed by atoms with Crippen molar-refractivity contribution in [1.29, 1.82) is 0 Å². The van der Waals surface area contributed by atoms with Gasteiger partial charge < -0.3 is 9.45 Å². The fourth-order valence-corrected chi connectivity index (χ4v) is 4.92. The van der Waals surface area contributed by atoms with Gasteiger partial charge in [-0.1, -0.05) is 29.6 Å². The molecule has 0 aromatic heterocycles. The molecule has 2 saturated heterocycles. The Bertz CT molecular complexity index is 591. The van der Waals surface area contributed by atoms with Gasteiger partial charge in [0.05, 0.1) is 10.7 Å². The Morgan fingerprint density at radius 2 is 1.75 bits per heavy atom. The fraction of sp³-hybridized carbons (Fsp3) is 0.625. The summed E-state index contributed by atoms with van der Waals surface area (Å²) in [6.45, 7) is 3.23. The molecule has 0 aliphatic carbocycles. The second-order valence-electron chi connectivity index (χ2n) is 6.35. The number of halogens is 2. The van der Waals surface area contributed by atoms with E-state index < -0.39 is 11.3 Å². The average Bonchev–Trinajstić information content (AvgIpc) is 2.57. The Hall–Kier alpha value is -0.370. The number of hydrogen-bond donors (Lipinski definition) is 0. The van der Waals surface area contributed by atoms with Crippen LogP contribution in [0.15, 0.2) is 18.2 Å². The van der Waals surface area contributed by atoms with E-state index in [1.54, 1.807) is 10.5 Å². The van der Waals surface area contributed by atoms with Crippen molar-refractivity contribution in [3.8, 4) is 0 Å². The van der Waals surface area contributed by atoms with E-state index >= 15 is 0 Å². The molecule has 0 saturated carbocycles. The molecule has 0 radical (unpaired) electrons. The maximum atomic E-state index is 11.8. The van der Waals surface area contributed by atoms with E-state index in [0.717, 1.165) is 57.5 Å². The molecule has 24 heavy (non-hydrogen) atoms. The summed E-state index contributed by atoms with van der Waals surface area (Å²) in [5, 5.41) is 3.26. The first kappa shape index (κ1) is 18.4. The molecule has 1 unspecified atom stereocenters. The zero-order valence-corrected chi connectivity index (χ0v) is 15.8. The molecule has 0 spiro atoms. The quantitative estimate of drug-likeness (QED) is 0.738. The van der Waals surface area contributed by atoms with Crippen LogP contribution >= 0.6 is 23.2 Å². The lowest BCUT2D eigenvalue weighted by atomic mass is 10.0. The second-order valence-corrected chi connectivity index (χ2v) is 8.00. The zero-order chi connectivity index (χ0) is 17.1. The molecule has 0 N–H and O–H groups in total. The summed E-state index contributed by atoms with van der Waals surface area (Å²) in [5.74, 6) is 0. The minimum Gasteiger partial charge on any atom is -0.759 e. The van der Waals surface area contributed by atoms with Gasteiger partial charge in [-0.25, -0.2) is 5.01 Å². The minimum atomic E-state index is -2.21. The molecule has 0 bridgehead atoms. The monoisotopic (exact) mass is 390 g/mol. The Morgan fingerprint density at radius 1 is 1.08 bits per heavy atom. The van der Waals surface area contributed by atoms with Crippen LogP contribution in [0.1, 0.15) is 32.1 Å². The number of piperidine rings is 2. The minimum absolute atomic E-state index is 0.0313. The predicted octanol–water partition coefficient (Wildman–Crippen LogP) is 3.46. The first-order valence-electron chi connectivity index (χ1n) is 8.40. The third-order valence-electron chi connectivity index (χ3n) is 4.79. The summed E-state index contributed by atoms with van der Waals surface area (Å²) in [7, 11) is 0. The predicted molar refractivity (Wildman–Crippen MR) is 97.9 cm³/mol. The van der Waals surface area contributed by atoms with E-state index in [4.69, 9.17) is 23.2 Å². The van der Waals surface area contributed by atoms with Crippen molar-refractivity contribution in [2.75, 3.05) is 31.1 Å². The summed E-state index contributed by atoms with van der Waals surface area (Å²) >= 11 is 10.0. The maximum absolute atomic E-state index is 11.8. The summed E-state index contributed by atoms with van der Waals surface area (Å²) in [4.78, 5) is 2.21. The smallest absolute Gasteiger partial charge is 0.0654 e. The van der Waals surface area contributed by atoms with Crippen LogP contribution in [0.4, 0.5) is 5.69 Å². The van der Waals surface area contributed by atoms with Gasteiger partial charge in [-0.3, -0.25) is 4.21 Å². The Balaban J connectivity index is 1.65. The van der Waals surface area contributed by atoms with E-state index in [1.807, 2.05) is 17.1 Å². The maximum Gasteiger partial charge on any atom is 0.0654 e. The Labute approximate surface area is 155 Å². The summed E-state index contributed by atoms with van der Waals surface area (Å²) in [5.41, 5.74) is 0.965. The highest BCUT2D eigenvalue weighted by atomic mass is 35.5. The van der Waals surface area contributed by atoms with Crippen molar-refractivity contribution < 1.29 is 8.76 Å². The lowest BCUT2D eigenvalue weighted by Crippen LogP contribution is -2.54. The first-order chi connectivity index (χ1) is 11.6. The molecule has 2 fully saturated rings. The van der Waals surface area contributed by atoms with Crippen LogP contribution in [0.5, 0.6) is 0 Å². The molecule has 0 amide bonds. The average molecular weight is 391 g/mol. The van der Waals surface area contributed by atoms with E-state index in [0.29, 0.717) is 10.0 Å². The number of hydrogen-bond acceptors (Lipinski definition) is 4. The lowest BCUT2D eigenvalue weighted by Gasteiger charge is -2.45. The van der Waals surface area contributed by atoms with Gasteiger partial charge in [-0.15, -0.1) is 0 Å². The molecule has 1 atom stereocenters. The van der Waals surface area contributed by atoms with Crippen LogP contribution < -0.4 is 4.90 Å². The van der Waals surface area contributed by atoms with Crippen LogP contribution in [0.25, 0.3) is 0 Å². The Morgan fingerprint density at radius 3 is 2.33 bits per heavy atom. The van der Waals surface area contributed by atoms with Crippen LogP contribution in [0.2, 0.25) is 10.0 Å². The normalized spacial score (nSPS) is 22.1. The molecule has 3 rings (SSSR count). The van der Waals surface area contributed by atoms with Crippen LogP contribution in [-0.4, -0.2) is 50.4 Å². The van der Waals surface area contributed by atoms with Crippen molar-refractivity contribution in [3.05, 3.63) is 28.2 Å². The van der Waals surface area contributed by atoms with Crippen LogP contribution in [0, 0.1) is 0 Å². The van der Waals surface area contributed by atoms with Crippen LogP contribution in [-0.2, 0) is 11.3 Å². The highest BCUT2D eigenvalue weighted by Gasteiger charge is 2.30. The number of rotatable bonds is 4. The molecule has 8 heteroatoms. The SMILES string of the molecule is O=S([O-])N(C1CCN(c2ccc(Cl)cc2Cl)CC1)N1CCCCC1. The molecule has 5 nitrogen and oxygen atoms in total. The largest absolute Gasteiger partial charge is 0.759 e. The van der Waals surface area contributed by atoms with E-state index in [2.05, 4.69) is 4.90 Å². The highest BCUT2D eigenvalue weighted by molar-refractivity contribution is 7.76. The van der Waals surface area contributed by atoms with Crippen molar-refractivity contribution in [2.24, 2.45) is 0 Å².